The maximum absolute atomic E-state index is 5.92. The lowest BCUT2D eigenvalue weighted by atomic mass is 10.0. The molecule has 72 valence electrons. The van der Waals surface area contributed by atoms with Crippen LogP contribution < -0.4 is 5.73 Å². The van der Waals surface area contributed by atoms with Crippen LogP contribution in [0.15, 0.2) is 0 Å². The number of thioether (sulfide) groups is 1. The van der Waals surface area contributed by atoms with E-state index in [1.807, 2.05) is 0 Å². The van der Waals surface area contributed by atoms with Crippen molar-refractivity contribution in [2.24, 2.45) is 5.73 Å². The zero-order chi connectivity index (χ0) is 9.03. The molecule has 0 atom stereocenters. The Morgan fingerprint density at radius 3 is 2.42 bits per heavy atom. The van der Waals surface area contributed by atoms with Gasteiger partial charge in [0, 0.05) is 30.1 Å². The van der Waals surface area contributed by atoms with E-state index >= 15 is 0 Å². The molecule has 0 aromatic heterocycles. The van der Waals surface area contributed by atoms with Gasteiger partial charge in [-0.1, -0.05) is 0 Å². The average molecular weight is 188 g/mol. The first-order chi connectivity index (χ1) is 5.58. The molecule has 0 unspecified atom stereocenters. The quantitative estimate of drug-likeness (QED) is 0.721. The predicted octanol–water partition coefficient (Wildman–Crippen LogP) is 1.16. The summed E-state index contributed by atoms with van der Waals surface area (Å²) in [5.41, 5.74) is 5.93. The molecule has 0 aliphatic carbocycles. The molecule has 0 saturated carbocycles. The van der Waals surface area contributed by atoms with E-state index in [-0.39, 0.29) is 5.54 Å². The molecule has 0 spiro atoms. The van der Waals surface area contributed by atoms with Crippen molar-refractivity contribution in [3.05, 3.63) is 0 Å². The summed E-state index contributed by atoms with van der Waals surface area (Å²) in [4.78, 5) is 2.52. The van der Waals surface area contributed by atoms with E-state index in [9.17, 15) is 0 Å². The van der Waals surface area contributed by atoms with Crippen LogP contribution in [0.5, 0.6) is 0 Å². The number of hydrogen-bond donors (Lipinski definition) is 1. The van der Waals surface area contributed by atoms with Crippen LogP contribution in [0.3, 0.4) is 0 Å². The zero-order valence-electron chi connectivity index (χ0n) is 8.18. The normalized spacial score (nSPS) is 21.2. The highest BCUT2D eigenvalue weighted by Gasteiger charge is 2.15. The first-order valence-electron chi connectivity index (χ1n) is 4.67. The molecular formula is C9H20N2S. The van der Waals surface area contributed by atoms with Gasteiger partial charge in [-0.3, -0.25) is 0 Å². The first-order valence-corrected chi connectivity index (χ1v) is 5.82. The van der Waals surface area contributed by atoms with Crippen molar-refractivity contribution in [3.63, 3.8) is 0 Å². The summed E-state index contributed by atoms with van der Waals surface area (Å²) in [7, 11) is 0. The summed E-state index contributed by atoms with van der Waals surface area (Å²) >= 11 is 2.06. The van der Waals surface area contributed by atoms with Crippen molar-refractivity contribution in [3.8, 4) is 0 Å². The highest BCUT2D eigenvalue weighted by molar-refractivity contribution is 7.99. The van der Waals surface area contributed by atoms with E-state index in [0.29, 0.717) is 0 Å². The number of hydrogen-bond acceptors (Lipinski definition) is 3. The summed E-state index contributed by atoms with van der Waals surface area (Å²) in [5, 5.41) is 0. The molecule has 2 nitrogen and oxygen atoms in total. The standard InChI is InChI=1S/C9H20N2S/c1-9(2,10)3-4-11-5-7-12-8-6-11/h3-8,10H2,1-2H3. The summed E-state index contributed by atoms with van der Waals surface area (Å²) in [5.74, 6) is 2.59. The van der Waals surface area contributed by atoms with Crippen LogP contribution in [0, 0.1) is 0 Å². The van der Waals surface area contributed by atoms with Crippen LogP contribution in [-0.4, -0.2) is 41.6 Å². The fourth-order valence-corrected chi connectivity index (χ4v) is 2.25. The maximum Gasteiger partial charge on any atom is 0.0109 e. The zero-order valence-corrected chi connectivity index (χ0v) is 8.99. The van der Waals surface area contributed by atoms with E-state index in [2.05, 4.69) is 30.5 Å². The third kappa shape index (κ3) is 4.33. The fourth-order valence-electron chi connectivity index (χ4n) is 1.27. The van der Waals surface area contributed by atoms with Crippen molar-refractivity contribution in [1.29, 1.82) is 0 Å². The second kappa shape index (κ2) is 4.49. The minimum absolute atomic E-state index is 0.00455. The summed E-state index contributed by atoms with van der Waals surface area (Å²) in [6, 6.07) is 0. The molecule has 0 amide bonds. The average Bonchev–Trinajstić information content (AvgIpc) is 2.02. The molecule has 12 heavy (non-hydrogen) atoms. The molecule has 0 bridgehead atoms. The monoisotopic (exact) mass is 188 g/mol. The van der Waals surface area contributed by atoms with E-state index in [1.54, 1.807) is 0 Å². The Kier molecular flexibility index (Phi) is 3.87. The van der Waals surface area contributed by atoms with E-state index in [0.717, 1.165) is 6.42 Å². The molecular weight excluding hydrogens is 168 g/mol. The highest BCUT2D eigenvalue weighted by atomic mass is 32.2. The molecule has 1 aliphatic rings. The van der Waals surface area contributed by atoms with Crippen LogP contribution in [0.1, 0.15) is 20.3 Å². The molecule has 3 heteroatoms. The topological polar surface area (TPSA) is 29.3 Å². The van der Waals surface area contributed by atoms with Gasteiger partial charge in [-0.25, -0.2) is 0 Å². The van der Waals surface area contributed by atoms with Crippen LogP contribution in [0.4, 0.5) is 0 Å². The minimum Gasteiger partial charge on any atom is -0.326 e. The van der Waals surface area contributed by atoms with Gasteiger partial charge in [-0.2, -0.15) is 11.8 Å². The molecule has 1 heterocycles. The van der Waals surface area contributed by atoms with Crippen molar-refractivity contribution >= 4 is 11.8 Å². The first kappa shape index (κ1) is 10.4. The smallest absolute Gasteiger partial charge is 0.0109 e. The largest absolute Gasteiger partial charge is 0.326 e. The van der Waals surface area contributed by atoms with Gasteiger partial charge in [0.15, 0.2) is 0 Å². The Labute approximate surface area is 79.9 Å². The van der Waals surface area contributed by atoms with Crippen LogP contribution in [0.2, 0.25) is 0 Å². The number of rotatable bonds is 3. The number of nitrogens with two attached hydrogens (primary N) is 1. The lowest BCUT2D eigenvalue weighted by Crippen LogP contribution is -2.40. The lowest BCUT2D eigenvalue weighted by molar-refractivity contribution is 0.271. The van der Waals surface area contributed by atoms with Gasteiger partial charge < -0.3 is 10.6 Å². The summed E-state index contributed by atoms with van der Waals surface area (Å²) < 4.78 is 0. The Bertz CT molecular complexity index is 125. The van der Waals surface area contributed by atoms with E-state index in [1.165, 1.54) is 31.1 Å². The molecule has 0 radical (unpaired) electrons. The fraction of sp³-hybridized carbons (Fsp3) is 1.00. The third-order valence-corrected chi connectivity index (χ3v) is 3.12. The molecule has 1 rings (SSSR count). The highest BCUT2D eigenvalue weighted by Crippen LogP contribution is 2.11. The second-order valence-corrected chi connectivity index (χ2v) is 5.42. The van der Waals surface area contributed by atoms with E-state index < -0.39 is 0 Å². The molecule has 1 saturated heterocycles. The third-order valence-electron chi connectivity index (χ3n) is 2.18. The molecule has 1 aliphatic heterocycles. The van der Waals surface area contributed by atoms with Crippen molar-refractivity contribution in [2.45, 2.75) is 25.8 Å². The second-order valence-electron chi connectivity index (χ2n) is 4.19. The van der Waals surface area contributed by atoms with Gasteiger partial charge >= 0.3 is 0 Å². The predicted molar refractivity (Wildman–Crippen MR) is 56.6 cm³/mol. The molecule has 2 N–H and O–H groups in total. The molecule has 1 fully saturated rings. The Morgan fingerprint density at radius 1 is 1.33 bits per heavy atom. The lowest BCUT2D eigenvalue weighted by Gasteiger charge is -2.29. The van der Waals surface area contributed by atoms with Gasteiger partial charge in [0.25, 0.3) is 0 Å². The molecule has 0 aromatic rings. The summed E-state index contributed by atoms with van der Waals surface area (Å²) in [6.45, 7) is 7.88. The Hall–Kier alpha value is 0.270. The Morgan fingerprint density at radius 2 is 1.92 bits per heavy atom. The SMILES string of the molecule is CC(C)(N)CCN1CCSCC1. The van der Waals surface area contributed by atoms with Gasteiger partial charge in [0.2, 0.25) is 0 Å². The Balaban J connectivity index is 2.13. The van der Waals surface area contributed by atoms with Crippen molar-refractivity contribution in [2.75, 3.05) is 31.1 Å². The molecule has 0 aromatic carbocycles. The van der Waals surface area contributed by atoms with Gasteiger partial charge in [-0.15, -0.1) is 0 Å². The maximum atomic E-state index is 5.92. The van der Waals surface area contributed by atoms with E-state index in [4.69, 9.17) is 5.73 Å². The van der Waals surface area contributed by atoms with Gasteiger partial charge in [0.05, 0.1) is 0 Å². The van der Waals surface area contributed by atoms with Crippen molar-refractivity contribution < 1.29 is 0 Å². The van der Waals surface area contributed by atoms with Crippen molar-refractivity contribution in [1.82, 2.24) is 4.90 Å². The summed E-state index contributed by atoms with van der Waals surface area (Å²) in [6.07, 6.45) is 1.11. The van der Waals surface area contributed by atoms with Crippen LogP contribution in [-0.2, 0) is 0 Å². The van der Waals surface area contributed by atoms with Gasteiger partial charge in [0.1, 0.15) is 0 Å². The minimum atomic E-state index is 0.00455. The van der Waals surface area contributed by atoms with Crippen LogP contribution in [0.25, 0.3) is 0 Å². The van der Waals surface area contributed by atoms with Gasteiger partial charge in [-0.05, 0) is 26.8 Å². The number of nitrogens with zero attached hydrogens (tertiary/aromatic N) is 1. The van der Waals surface area contributed by atoms with Crippen LogP contribution >= 0.6 is 11.8 Å².